The summed E-state index contributed by atoms with van der Waals surface area (Å²) < 4.78 is 1.53. The Kier molecular flexibility index (Phi) is 3.33. The number of fused-ring (bicyclic) bond motifs is 3. The molecule has 0 fully saturated rings. The molecule has 1 amide bonds. The minimum absolute atomic E-state index is 0.0198. The summed E-state index contributed by atoms with van der Waals surface area (Å²) in [6.45, 7) is 1.72. The summed E-state index contributed by atoms with van der Waals surface area (Å²) in [5.41, 5.74) is 6.43. The van der Waals surface area contributed by atoms with Crippen molar-refractivity contribution in [2.75, 3.05) is 0 Å². The zero-order valence-electron chi connectivity index (χ0n) is 11.3. The van der Waals surface area contributed by atoms with Crippen molar-refractivity contribution in [1.82, 2.24) is 9.55 Å². The van der Waals surface area contributed by atoms with Crippen LogP contribution in [0.1, 0.15) is 23.8 Å². The molecule has 0 unspecified atom stereocenters. The van der Waals surface area contributed by atoms with Crippen LogP contribution < -0.4 is 11.3 Å². The third kappa shape index (κ3) is 2.05. The van der Waals surface area contributed by atoms with E-state index in [9.17, 15) is 9.59 Å². The largest absolute Gasteiger partial charge is 0.369 e. The fraction of sp³-hybridized carbons (Fsp3) is 0.462. The molecule has 0 saturated heterocycles. The highest BCUT2D eigenvalue weighted by atomic mass is 32.2. The van der Waals surface area contributed by atoms with E-state index in [0.717, 1.165) is 29.5 Å². The number of thioether (sulfide) groups is 1. The van der Waals surface area contributed by atoms with Gasteiger partial charge >= 0.3 is 0 Å². The number of carbonyl (C=O) groups excluding carboxylic acids is 1. The SMILES string of the molecule is C[C@H](Sc1nc2sc3c(c2c(=O)n1C)CCC3)C(N)=O. The lowest BCUT2D eigenvalue weighted by molar-refractivity contribution is -0.117. The highest BCUT2D eigenvalue weighted by Gasteiger charge is 2.23. The van der Waals surface area contributed by atoms with Crippen LogP contribution in [0.25, 0.3) is 10.2 Å². The number of carbonyl (C=O) groups is 1. The van der Waals surface area contributed by atoms with Crippen molar-refractivity contribution in [3.05, 3.63) is 20.8 Å². The fourth-order valence-electron chi connectivity index (χ4n) is 2.43. The molecule has 2 aromatic rings. The van der Waals surface area contributed by atoms with Crippen molar-refractivity contribution >= 4 is 39.2 Å². The van der Waals surface area contributed by atoms with Crippen molar-refractivity contribution in [1.29, 1.82) is 0 Å². The minimum Gasteiger partial charge on any atom is -0.369 e. The second-order valence-corrected chi connectivity index (χ2v) is 7.35. The average Bonchev–Trinajstić information content (AvgIpc) is 2.95. The molecule has 0 aromatic carbocycles. The second kappa shape index (κ2) is 4.89. The highest BCUT2D eigenvalue weighted by Crippen LogP contribution is 2.35. The van der Waals surface area contributed by atoms with Crippen LogP contribution in [-0.2, 0) is 24.7 Å². The predicted molar refractivity (Wildman–Crippen MR) is 81.4 cm³/mol. The molecule has 1 atom stereocenters. The van der Waals surface area contributed by atoms with E-state index in [2.05, 4.69) is 4.98 Å². The number of aromatic nitrogens is 2. The van der Waals surface area contributed by atoms with E-state index in [0.29, 0.717) is 5.16 Å². The summed E-state index contributed by atoms with van der Waals surface area (Å²) in [6, 6.07) is 0. The van der Waals surface area contributed by atoms with Gasteiger partial charge in [-0.25, -0.2) is 4.98 Å². The zero-order chi connectivity index (χ0) is 14.4. The molecule has 1 aliphatic rings. The molecular weight excluding hydrogens is 294 g/mol. The van der Waals surface area contributed by atoms with Crippen molar-refractivity contribution < 1.29 is 4.79 Å². The minimum atomic E-state index is -0.405. The lowest BCUT2D eigenvalue weighted by Crippen LogP contribution is -2.25. The van der Waals surface area contributed by atoms with Gasteiger partial charge in [-0.05, 0) is 31.7 Å². The summed E-state index contributed by atoms with van der Waals surface area (Å²) in [7, 11) is 1.70. The van der Waals surface area contributed by atoms with Gasteiger partial charge in [0.15, 0.2) is 5.16 Å². The van der Waals surface area contributed by atoms with Gasteiger partial charge in [0, 0.05) is 11.9 Å². The molecule has 0 radical (unpaired) electrons. The van der Waals surface area contributed by atoms with E-state index in [4.69, 9.17) is 5.73 Å². The van der Waals surface area contributed by atoms with Crippen LogP contribution in [0.2, 0.25) is 0 Å². The number of nitrogens with zero attached hydrogens (tertiary/aromatic N) is 2. The first kappa shape index (κ1) is 13.6. The molecular formula is C13H15N3O2S2. The van der Waals surface area contributed by atoms with E-state index >= 15 is 0 Å². The third-order valence-corrected chi connectivity index (χ3v) is 5.94. The number of nitrogens with two attached hydrogens (primary N) is 1. The van der Waals surface area contributed by atoms with E-state index in [1.54, 1.807) is 25.3 Å². The number of aryl methyl sites for hydroxylation is 2. The topological polar surface area (TPSA) is 78.0 Å². The highest BCUT2D eigenvalue weighted by molar-refractivity contribution is 8.00. The number of hydrogen-bond donors (Lipinski definition) is 1. The van der Waals surface area contributed by atoms with Crippen LogP contribution in [0.4, 0.5) is 0 Å². The van der Waals surface area contributed by atoms with E-state index in [-0.39, 0.29) is 5.56 Å². The summed E-state index contributed by atoms with van der Waals surface area (Å²) in [6.07, 6.45) is 3.13. The van der Waals surface area contributed by atoms with Gasteiger partial charge in [-0.15, -0.1) is 11.3 Å². The Hall–Kier alpha value is -1.34. The number of primary amides is 1. The van der Waals surface area contributed by atoms with Crippen LogP contribution in [0.15, 0.2) is 9.95 Å². The zero-order valence-corrected chi connectivity index (χ0v) is 12.9. The molecule has 106 valence electrons. The molecule has 20 heavy (non-hydrogen) atoms. The molecule has 0 bridgehead atoms. The van der Waals surface area contributed by atoms with Crippen molar-refractivity contribution in [2.24, 2.45) is 12.8 Å². The third-order valence-electron chi connectivity index (χ3n) is 3.59. The maximum Gasteiger partial charge on any atom is 0.262 e. The van der Waals surface area contributed by atoms with Gasteiger partial charge in [-0.3, -0.25) is 14.2 Å². The van der Waals surface area contributed by atoms with E-state index < -0.39 is 11.2 Å². The molecule has 2 N–H and O–H groups in total. The van der Waals surface area contributed by atoms with Gasteiger partial charge in [0.25, 0.3) is 5.56 Å². The number of rotatable bonds is 3. The van der Waals surface area contributed by atoms with Crippen LogP contribution in [0, 0.1) is 0 Å². The summed E-state index contributed by atoms with van der Waals surface area (Å²) in [5, 5.41) is 0.909. The molecule has 3 rings (SSSR count). The summed E-state index contributed by atoms with van der Waals surface area (Å²) in [4.78, 5) is 30.3. The lowest BCUT2D eigenvalue weighted by Gasteiger charge is -2.10. The van der Waals surface area contributed by atoms with E-state index in [1.165, 1.54) is 26.8 Å². The number of thiophene rings is 1. The first-order chi connectivity index (χ1) is 9.49. The molecule has 5 nitrogen and oxygen atoms in total. The molecule has 1 aliphatic carbocycles. The Morgan fingerprint density at radius 3 is 2.95 bits per heavy atom. The molecule has 2 aromatic heterocycles. The van der Waals surface area contributed by atoms with E-state index in [1.807, 2.05) is 0 Å². The van der Waals surface area contributed by atoms with Gasteiger partial charge in [-0.2, -0.15) is 0 Å². The van der Waals surface area contributed by atoms with Gasteiger partial charge < -0.3 is 5.73 Å². The summed E-state index contributed by atoms with van der Waals surface area (Å²) >= 11 is 2.84. The van der Waals surface area contributed by atoms with Crippen LogP contribution in [0.3, 0.4) is 0 Å². The quantitative estimate of drug-likeness (QED) is 0.687. The summed E-state index contributed by atoms with van der Waals surface area (Å²) in [5.74, 6) is -0.405. The molecule has 0 saturated carbocycles. The normalized spacial score (nSPS) is 15.5. The predicted octanol–water partition coefficient (Wildman–Crippen LogP) is 1.45. The smallest absolute Gasteiger partial charge is 0.262 e. The van der Waals surface area contributed by atoms with Crippen LogP contribution >= 0.6 is 23.1 Å². The molecule has 2 heterocycles. The van der Waals surface area contributed by atoms with Gasteiger partial charge in [0.2, 0.25) is 5.91 Å². The van der Waals surface area contributed by atoms with Crippen LogP contribution in [0.5, 0.6) is 0 Å². The standard InChI is InChI=1S/C13H15N3O2S2/c1-6(10(14)17)19-13-15-11-9(12(18)16(13)2)7-4-3-5-8(7)20-11/h6H,3-5H2,1-2H3,(H2,14,17)/t6-/m0/s1. The monoisotopic (exact) mass is 309 g/mol. The maximum atomic E-state index is 12.5. The molecule has 0 aliphatic heterocycles. The molecule has 7 heteroatoms. The van der Waals surface area contributed by atoms with Gasteiger partial charge in [0.05, 0.1) is 10.6 Å². The van der Waals surface area contributed by atoms with Crippen molar-refractivity contribution in [3.63, 3.8) is 0 Å². The Balaban J connectivity index is 2.14. The Bertz CT molecular complexity index is 763. The number of hydrogen-bond acceptors (Lipinski definition) is 5. The average molecular weight is 309 g/mol. The van der Waals surface area contributed by atoms with Gasteiger partial charge in [0.1, 0.15) is 4.83 Å². The van der Waals surface area contributed by atoms with Crippen molar-refractivity contribution in [3.8, 4) is 0 Å². The fourth-order valence-corrected chi connectivity index (χ4v) is 4.55. The number of amides is 1. The van der Waals surface area contributed by atoms with Gasteiger partial charge in [-0.1, -0.05) is 11.8 Å². The Labute approximate surface area is 124 Å². The Morgan fingerprint density at radius 1 is 1.50 bits per heavy atom. The van der Waals surface area contributed by atoms with Crippen LogP contribution in [-0.4, -0.2) is 20.7 Å². The first-order valence-corrected chi connectivity index (χ1v) is 8.16. The first-order valence-electron chi connectivity index (χ1n) is 6.46. The van der Waals surface area contributed by atoms with Crippen molar-refractivity contribution in [2.45, 2.75) is 36.6 Å². The second-order valence-electron chi connectivity index (χ2n) is 4.96. The Morgan fingerprint density at radius 2 is 2.25 bits per heavy atom. The maximum absolute atomic E-state index is 12.5. The molecule has 0 spiro atoms. The lowest BCUT2D eigenvalue weighted by atomic mass is 10.2.